The normalized spacial score (nSPS) is 14.5. The number of aryl methyl sites for hydroxylation is 1. The smallest absolute Gasteiger partial charge is 0.335 e. The highest BCUT2D eigenvalue weighted by Gasteiger charge is 2.28. The molecule has 2 aromatic carbocycles. The van der Waals surface area contributed by atoms with E-state index in [4.69, 9.17) is 4.74 Å². The van der Waals surface area contributed by atoms with Crippen molar-refractivity contribution in [1.82, 2.24) is 4.90 Å². The van der Waals surface area contributed by atoms with E-state index in [0.717, 1.165) is 23.1 Å². The van der Waals surface area contributed by atoms with Gasteiger partial charge in [-0.1, -0.05) is 25.1 Å². The molecule has 1 aliphatic rings. The van der Waals surface area contributed by atoms with Gasteiger partial charge in [0.2, 0.25) is 0 Å². The number of carboxylic acids is 1. The lowest BCUT2D eigenvalue weighted by atomic mass is 9.97. The van der Waals surface area contributed by atoms with E-state index in [9.17, 15) is 14.7 Å². The predicted molar refractivity (Wildman–Crippen MR) is 98.4 cm³/mol. The van der Waals surface area contributed by atoms with Gasteiger partial charge in [-0.05, 0) is 60.7 Å². The number of rotatable bonds is 5. The Morgan fingerprint density at radius 3 is 2.69 bits per heavy atom. The minimum absolute atomic E-state index is 0.0552. The van der Waals surface area contributed by atoms with Gasteiger partial charge >= 0.3 is 5.97 Å². The number of carboxylic acid groups (broad SMARTS) is 1. The molecule has 1 aliphatic heterocycles. The molecule has 26 heavy (non-hydrogen) atoms. The molecular formula is C21H23NO4. The van der Waals surface area contributed by atoms with Crippen molar-refractivity contribution in [2.45, 2.75) is 39.3 Å². The minimum atomic E-state index is -0.953. The monoisotopic (exact) mass is 353 g/mol. The van der Waals surface area contributed by atoms with E-state index in [1.54, 1.807) is 17.0 Å². The summed E-state index contributed by atoms with van der Waals surface area (Å²) >= 11 is 0. The second-order valence-corrected chi connectivity index (χ2v) is 6.63. The molecule has 136 valence electrons. The van der Waals surface area contributed by atoms with E-state index in [1.165, 1.54) is 0 Å². The molecule has 1 unspecified atom stereocenters. The third kappa shape index (κ3) is 3.87. The summed E-state index contributed by atoms with van der Waals surface area (Å²) in [6.45, 7) is 4.95. The fourth-order valence-electron chi connectivity index (χ4n) is 3.24. The van der Waals surface area contributed by atoms with Crippen LogP contribution in [0.5, 0.6) is 5.75 Å². The lowest BCUT2D eigenvalue weighted by Crippen LogP contribution is -2.44. The minimum Gasteiger partial charge on any atom is -0.481 e. The Bertz CT molecular complexity index is 831. The summed E-state index contributed by atoms with van der Waals surface area (Å²) < 4.78 is 5.92. The highest BCUT2D eigenvalue weighted by atomic mass is 16.5. The number of carbonyl (C=O) groups is 2. The summed E-state index contributed by atoms with van der Waals surface area (Å²) in [6, 6.07) is 12.8. The van der Waals surface area contributed by atoms with Gasteiger partial charge in [0, 0.05) is 13.1 Å². The largest absolute Gasteiger partial charge is 0.481 e. The maximum Gasteiger partial charge on any atom is 0.335 e. The van der Waals surface area contributed by atoms with Crippen molar-refractivity contribution < 1.29 is 19.4 Å². The molecule has 0 radical (unpaired) electrons. The van der Waals surface area contributed by atoms with Crippen molar-refractivity contribution in [3.05, 3.63) is 64.7 Å². The van der Waals surface area contributed by atoms with Gasteiger partial charge in [0.05, 0.1) is 5.56 Å². The van der Waals surface area contributed by atoms with E-state index in [0.29, 0.717) is 25.3 Å². The average Bonchev–Trinajstić information content (AvgIpc) is 2.64. The fourth-order valence-corrected chi connectivity index (χ4v) is 3.24. The van der Waals surface area contributed by atoms with E-state index in [-0.39, 0.29) is 11.5 Å². The summed E-state index contributed by atoms with van der Waals surface area (Å²) in [6.07, 6.45) is 0.758. The van der Waals surface area contributed by atoms with Gasteiger partial charge in [-0.15, -0.1) is 0 Å². The van der Waals surface area contributed by atoms with Gasteiger partial charge in [-0.2, -0.15) is 0 Å². The lowest BCUT2D eigenvalue weighted by molar-refractivity contribution is -0.139. The number of fused-ring (bicyclic) bond motifs is 1. The number of hydrogen-bond acceptors (Lipinski definition) is 3. The van der Waals surface area contributed by atoms with Crippen molar-refractivity contribution in [3.63, 3.8) is 0 Å². The molecule has 1 atom stereocenters. The van der Waals surface area contributed by atoms with Gasteiger partial charge in [0.25, 0.3) is 5.91 Å². The molecule has 1 amide bonds. The second kappa shape index (κ2) is 7.60. The van der Waals surface area contributed by atoms with E-state index < -0.39 is 12.1 Å². The second-order valence-electron chi connectivity index (χ2n) is 6.63. The highest BCUT2D eigenvalue weighted by Crippen LogP contribution is 2.23. The zero-order chi connectivity index (χ0) is 18.7. The Kier molecular flexibility index (Phi) is 5.26. The molecule has 0 aliphatic carbocycles. The van der Waals surface area contributed by atoms with Gasteiger partial charge < -0.3 is 14.7 Å². The third-order valence-electron chi connectivity index (χ3n) is 4.69. The van der Waals surface area contributed by atoms with Crippen molar-refractivity contribution in [3.8, 4) is 5.75 Å². The van der Waals surface area contributed by atoms with Crippen molar-refractivity contribution >= 4 is 11.9 Å². The van der Waals surface area contributed by atoms with Gasteiger partial charge in [0.15, 0.2) is 6.10 Å². The van der Waals surface area contributed by atoms with Crippen LogP contribution in [0.2, 0.25) is 0 Å². The maximum atomic E-state index is 12.9. The number of benzene rings is 2. The topological polar surface area (TPSA) is 66.8 Å². The Balaban J connectivity index is 1.74. The van der Waals surface area contributed by atoms with Crippen LogP contribution in [0.3, 0.4) is 0 Å². The first kappa shape index (κ1) is 18.0. The van der Waals surface area contributed by atoms with Crippen LogP contribution in [0, 0.1) is 6.92 Å². The van der Waals surface area contributed by atoms with E-state index in [2.05, 4.69) is 0 Å². The number of ether oxygens (including phenoxy) is 1. The van der Waals surface area contributed by atoms with Crippen LogP contribution in [0.15, 0.2) is 42.5 Å². The van der Waals surface area contributed by atoms with Crippen molar-refractivity contribution in [2.24, 2.45) is 0 Å². The summed E-state index contributed by atoms with van der Waals surface area (Å²) in [5.41, 5.74) is 3.33. The van der Waals surface area contributed by atoms with Gasteiger partial charge in [-0.3, -0.25) is 4.79 Å². The zero-order valence-corrected chi connectivity index (χ0v) is 15.1. The predicted octanol–water partition coefficient (Wildman–Crippen LogP) is 3.44. The van der Waals surface area contributed by atoms with Crippen LogP contribution in [0.4, 0.5) is 0 Å². The SMILES string of the molecule is CCC(Oc1cccc(C)c1)C(=O)N1CCc2ccc(C(=O)O)cc2C1. The van der Waals surface area contributed by atoms with E-state index in [1.807, 2.05) is 44.2 Å². The summed E-state index contributed by atoms with van der Waals surface area (Å²) in [5.74, 6) is -0.318. The number of aromatic carboxylic acids is 1. The lowest BCUT2D eigenvalue weighted by Gasteiger charge is -2.32. The molecule has 0 bridgehead atoms. The van der Waals surface area contributed by atoms with Crippen LogP contribution in [-0.2, 0) is 17.8 Å². The first-order chi connectivity index (χ1) is 12.5. The molecular weight excluding hydrogens is 330 g/mol. The molecule has 0 spiro atoms. The van der Waals surface area contributed by atoms with Crippen LogP contribution in [0.1, 0.15) is 40.4 Å². The summed E-state index contributed by atoms with van der Waals surface area (Å²) in [5, 5.41) is 9.17. The summed E-state index contributed by atoms with van der Waals surface area (Å²) in [4.78, 5) is 25.9. The maximum absolute atomic E-state index is 12.9. The number of carbonyl (C=O) groups excluding carboxylic acids is 1. The molecule has 1 heterocycles. The molecule has 5 nitrogen and oxygen atoms in total. The van der Waals surface area contributed by atoms with Crippen LogP contribution in [0.25, 0.3) is 0 Å². The molecule has 5 heteroatoms. The average molecular weight is 353 g/mol. The first-order valence-corrected chi connectivity index (χ1v) is 8.85. The Morgan fingerprint density at radius 1 is 1.19 bits per heavy atom. The summed E-state index contributed by atoms with van der Waals surface area (Å²) in [7, 11) is 0. The standard InChI is InChI=1S/C21H23NO4/c1-3-19(26-18-6-4-5-14(2)11-18)20(23)22-10-9-15-7-8-16(21(24)25)12-17(15)13-22/h4-8,11-12,19H,3,9-10,13H2,1-2H3,(H,24,25). The van der Waals surface area contributed by atoms with Crippen LogP contribution < -0.4 is 4.74 Å². The molecule has 2 aromatic rings. The van der Waals surface area contributed by atoms with Crippen LogP contribution >= 0.6 is 0 Å². The number of amides is 1. The quantitative estimate of drug-likeness (QED) is 0.894. The molecule has 3 rings (SSSR count). The molecule has 0 fully saturated rings. The molecule has 0 aromatic heterocycles. The Morgan fingerprint density at radius 2 is 2.00 bits per heavy atom. The van der Waals surface area contributed by atoms with Crippen molar-refractivity contribution in [2.75, 3.05) is 6.54 Å². The van der Waals surface area contributed by atoms with Crippen LogP contribution in [-0.4, -0.2) is 34.5 Å². The fraction of sp³-hybridized carbons (Fsp3) is 0.333. The van der Waals surface area contributed by atoms with Crippen molar-refractivity contribution in [1.29, 1.82) is 0 Å². The number of nitrogens with zero attached hydrogens (tertiary/aromatic N) is 1. The number of hydrogen-bond donors (Lipinski definition) is 1. The zero-order valence-electron chi connectivity index (χ0n) is 15.1. The van der Waals surface area contributed by atoms with Gasteiger partial charge in [0.1, 0.15) is 5.75 Å². The highest BCUT2D eigenvalue weighted by molar-refractivity contribution is 5.88. The van der Waals surface area contributed by atoms with Gasteiger partial charge in [-0.25, -0.2) is 4.79 Å². The Labute approximate surface area is 153 Å². The Hall–Kier alpha value is -2.82. The molecule has 0 saturated carbocycles. The third-order valence-corrected chi connectivity index (χ3v) is 4.69. The van der Waals surface area contributed by atoms with E-state index >= 15 is 0 Å². The first-order valence-electron chi connectivity index (χ1n) is 8.85. The molecule has 1 N–H and O–H groups in total. The molecule has 0 saturated heterocycles.